The summed E-state index contributed by atoms with van der Waals surface area (Å²) < 4.78 is 14.0. The van der Waals surface area contributed by atoms with Gasteiger partial charge in [-0.2, -0.15) is 0 Å². The highest BCUT2D eigenvalue weighted by atomic mass is 79.9. The van der Waals surface area contributed by atoms with Gasteiger partial charge in [0, 0.05) is 21.1 Å². The Morgan fingerprint density at radius 3 is 2.86 bits per heavy atom. The molecule has 0 saturated carbocycles. The summed E-state index contributed by atoms with van der Waals surface area (Å²) in [6.07, 6.45) is 0.736. The lowest BCUT2D eigenvalue weighted by Gasteiger charge is -1.94. The van der Waals surface area contributed by atoms with Crippen LogP contribution in [0.25, 0.3) is 10.9 Å². The van der Waals surface area contributed by atoms with E-state index in [2.05, 4.69) is 20.9 Å². The van der Waals surface area contributed by atoms with Crippen LogP contribution in [0.4, 0.5) is 4.39 Å². The van der Waals surface area contributed by atoms with Crippen molar-refractivity contribution < 1.29 is 9.18 Å². The van der Waals surface area contributed by atoms with E-state index < -0.39 is 0 Å². The van der Waals surface area contributed by atoms with E-state index in [9.17, 15) is 9.18 Å². The third-order valence-corrected chi connectivity index (χ3v) is 2.64. The SMILES string of the molecule is Cc1[nH]c2c(F)cc(Br)cc2c1C=O. The maximum absolute atomic E-state index is 13.4. The van der Waals surface area contributed by atoms with Crippen LogP contribution < -0.4 is 0 Å². The van der Waals surface area contributed by atoms with Gasteiger partial charge in [0.05, 0.1) is 5.52 Å². The average molecular weight is 256 g/mol. The smallest absolute Gasteiger partial charge is 0.152 e. The third kappa shape index (κ3) is 1.26. The molecule has 1 heterocycles. The van der Waals surface area contributed by atoms with E-state index in [4.69, 9.17) is 0 Å². The Morgan fingerprint density at radius 2 is 2.21 bits per heavy atom. The van der Waals surface area contributed by atoms with Crippen molar-refractivity contribution >= 4 is 33.1 Å². The van der Waals surface area contributed by atoms with Gasteiger partial charge in [0.2, 0.25) is 0 Å². The van der Waals surface area contributed by atoms with Crippen LogP contribution in [0.1, 0.15) is 16.1 Å². The van der Waals surface area contributed by atoms with Crippen LogP contribution in [0.5, 0.6) is 0 Å². The van der Waals surface area contributed by atoms with Crippen molar-refractivity contribution in [2.24, 2.45) is 0 Å². The lowest BCUT2D eigenvalue weighted by atomic mass is 10.1. The molecular weight excluding hydrogens is 249 g/mol. The molecule has 2 rings (SSSR count). The van der Waals surface area contributed by atoms with Gasteiger partial charge in [-0.3, -0.25) is 4.79 Å². The first-order valence-electron chi connectivity index (χ1n) is 4.06. The number of halogens is 2. The van der Waals surface area contributed by atoms with Gasteiger partial charge in [-0.1, -0.05) is 15.9 Å². The number of benzene rings is 1. The Kier molecular flexibility index (Phi) is 2.15. The molecule has 14 heavy (non-hydrogen) atoms. The molecule has 0 bridgehead atoms. The molecule has 0 radical (unpaired) electrons. The summed E-state index contributed by atoms with van der Waals surface area (Å²) in [5, 5.41) is 0.615. The van der Waals surface area contributed by atoms with Crippen LogP contribution in [0.3, 0.4) is 0 Å². The molecule has 0 aliphatic carbocycles. The Hall–Kier alpha value is -1.16. The van der Waals surface area contributed by atoms with Crippen LogP contribution in [0.15, 0.2) is 16.6 Å². The molecule has 0 aliphatic heterocycles. The van der Waals surface area contributed by atoms with Crippen molar-refractivity contribution in [2.45, 2.75) is 6.92 Å². The van der Waals surface area contributed by atoms with Crippen LogP contribution >= 0.6 is 15.9 Å². The van der Waals surface area contributed by atoms with Gasteiger partial charge in [-0.15, -0.1) is 0 Å². The van der Waals surface area contributed by atoms with E-state index in [0.29, 0.717) is 26.6 Å². The molecule has 2 nitrogen and oxygen atoms in total. The Morgan fingerprint density at radius 1 is 1.50 bits per heavy atom. The first-order chi connectivity index (χ1) is 6.63. The number of aromatic nitrogens is 1. The van der Waals surface area contributed by atoms with Gasteiger partial charge in [0.15, 0.2) is 6.29 Å². The molecule has 0 unspecified atom stereocenters. The van der Waals surface area contributed by atoms with Gasteiger partial charge < -0.3 is 4.98 Å². The minimum absolute atomic E-state index is 0.356. The van der Waals surface area contributed by atoms with Gasteiger partial charge in [-0.25, -0.2) is 4.39 Å². The van der Waals surface area contributed by atoms with Crippen LogP contribution in [-0.4, -0.2) is 11.3 Å². The fourth-order valence-electron chi connectivity index (χ4n) is 1.52. The third-order valence-electron chi connectivity index (χ3n) is 2.18. The zero-order valence-corrected chi connectivity index (χ0v) is 8.98. The topological polar surface area (TPSA) is 32.9 Å². The molecule has 2 aromatic rings. The fraction of sp³-hybridized carbons (Fsp3) is 0.100. The Bertz CT molecular complexity index is 518. The van der Waals surface area contributed by atoms with E-state index in [1.54, 1.807) is 13.0 Å². The molecule has 0 spiro atoms. The van der Waals surface area contributed by atoms with E-state index in [1.165, 1.54) is 6.07 Å². The van der Waals surface area contributed by atoms with Crippen LogP contribution in [0.2, 0.25) is 0 Å². The number of nitrogens with one attached hydrogen (secondary N) is 1. The molecule has 0 fully saturated rings. The van der Waals surface area contributed by atoms with Crippen molar-refractivity contribution in [1.82, 2.24) is 4.98 Å². The number of aryl methyl sites for hydroxylation is 1. The molecule has 4 heteroatoms. The van der Waals surface area contributed by atoms with Gasteiger partial charge >= 0.3 is 0 Å². The quantitative estimate of drug-likeness (QED) is 0.781. The number of carbonyl (C=O) groups excluding carboxylic acids is 1. The number of hydrogen-bond acceptors (Lipinski definition) is 1. The summed E-state index contributed by atoms with van der Waals surface area (Å²) >= 11 is 3.19. The molecule has 0 atom stereocenters. The minimum atomic E-state index is -0.356. The number of aldehydes is 1. The molecule has 0 saturated heterocycles. The highest BCUT2D eigenvalue weighted by Gasteiger charge is 2.11. The van der Waals surface area contributed by atoms with Gasteiger partial charge in [-0.05, 0) is 19.1 Å². The van der Waals surface area contributed by atoms with Crippen molar-refractivity contribution in [1.29, 1.82) is 0 Å². The molecule has 1 N–H and O–H groups in total. The summed E-state index contributed by atoms with van der Waals surface area (Å²) in [6, 6.07) is 3.10. The number of hydrogen-bond donors (Lipinski definition) is 1. The highest BCUT2D eigenvalue weighted by molar-refractivity contribution is 9.10. The summed E-state index contributed by atoms with van der Waals surface area (Å²) in [7, 11) is 0. The van der Waals surface area contributed by atoms with E-state index in [0.717, 1.165) is 6.29 Å². The summed E-state index contributed by atoms with van der Waals surface area (Å²) in [6.45, 7) is 1.75. The summed E-state index contributed by atoms with van der Waals surface area (Å²) in [5.74, 6) is -0.356. The normalized spacial score (nSPS) is 10.8. The van der Waals surface area contributed by atoms with Crippen molar-refractivity contribution in [3.63, 3.8) is 0 Å². The number of rotatable bonds is 1. The van der Waals surface area contributed by atoms with E-state index >= 15 is 0 Å². The minimum Gasteiger partial charge on any atom is -0.356 e. The number of aromatic amines is 1. The highest BCUT2D eigenvalue weighted by Crippen LogP contribution is 2.26. The number of H-pyrrole nitrogens is 1. The van der Waals surface area contributed by atoms with Crippen molar-refractivity contribution in [2.75, 3.05) is 0 Å². The lowest BCUT2D eigenvalue weighted by Crippen LogP contribution is -1.80. The van der Waals surface area contributed by atoms with Crippen molar-refractivity contribution in [3.05, 3.63) is 33.7 Å². The van der Waals surface area contributed by atoms with Crippen molar-refractivity contribution in [3.8, 4) is 0 Å². The van der Waals surface area contributed by atoms with Crippen LogP contribution in [0, 0.1) is 12.7 Å². The standard InChI is InChI=1S/C10H7BrFNO/c1-5-8(4-14)7-2-6(11)3-9(12)10(7)13-5/h2-4,13H,1H3. The molecule has 0 aliphatic rings. The predicted molar refractivity (Wildman–Crippen MR) is 56.1 cm³/mol. The largest absolute Gasteiger partial charge is 0.356 e. The molecule has 1 aromatic carbocycles. The second kappa shape index (κ2) is 3.20. The lowest BCUT2D eigenvalue weighted by molar-refractivity contribution is 0.112. The second-order valence-corrected chi connectivity index (χ2v) is 4.01. The monoisotopic (exact) mass is 255 g/mol. The molecule has 1 aromatic heterocycles. The Labute approximate surface area is 88.2 Å². The van der Waals surface area contributed by atoms with Crippen LogP contribution in [-0.2, 0) is 0 Å². The number of carbonyl (C=O) groups is 1. The fourth-order valence-corrected chi connectivity index (χ4v) is 1.95. The van der Waals surface area contributed by atoms with E-state index in [1.807, 2.05) is 0 Å². The van der Waals surface area contributed by atoms with Gasteiger partial charge in [0.1, 0.15) is 5.82 Å². The zero-order chi connectivity index (χ0) is 10.3. The predicted octanol–water partition coefficient (Wildman–Crippen LogP) is 3.19. The molecular formula is C10H7BrFNO. The van der Waals surface area contributed by atoms with Gasteiger partial charge in [0.25, 0.3) is 0 Å². The number of fused-ring (bicyclic) bond motifs is 1. The first kappa shape index (κ1) is 9.40. The first-order valence-corrected chi connectivity index (χ1v) is 4.85. The molecule has 72 valence electrons. The van der Waals surface area contributed by atoms with E-state index in [-0.39, 0.29) is 5.82 Å². The zero-order valence-electron chi connectivity index (χ0n) is 7.40. The molecule has 0 amide bonds. The summed E-state index contributed by atoms with van der Waals surface area (Å²) in [5.41, 5.74) is 1.58. The maximum atomic E-state index is 13.4. The average Bonchev–Trinajstić information content (AvgIpc) is 2.41. The maximum Gasteiger partial charge on any atom is 0.152 e. The Balaban J connectivity index is 2.94. The summed E-state index contributed by atoms with van der Waals surface area (Å²) in [4.78, 5) is 13.6. The second-order valence-electron chi connectivity index (χ2n) is 3.09.